The van der Waals surface area contributed by atoms with E-state index in [4.69, 9.17) is 0 Å². The predicted molar refractivity (Wildman–Crippen MR) is 81.5 cm³/mol. The number of rotatable bonds is 5. The second-order valence-electron chi connectivity index (χ2n) is 4.59. The van der Waals surface area contributed by atoms with Gasteiger partial charge in [-0.1, -0.05) is 12.1 Å². The van der Waals surface area contributed by atoms with E-state index in [1.165, 1.54) is 12.1 Å². The Morgan fingerprint density at radius 1 is 0.800 bits per heavy atom. The molecule has 132 valence electrons. The standard InChI is InChI=1S/C12H8N2O9S2/c15-13(16)8-5-6-11(12(7-8)25(21,22)23)24(19,20)10-4-2-1-3-9(10)14(17)18/h1-7H,(H,21,22,23). The maximum Gasteiger partial charge on any atom is 0.296 e. The van der Waals surface area contributed by atoms with Crippen molar-refractivity contribution in [1.82, 2.24) is 0 Å². The first-order valence-corrected chi connectivity index (χ1v) is 9.13. The van der Waals surface area contributed by atoms with Gasteiger partial charge in [-0.25, -0.2) is 8.42 Å². The summed E-state index contributed by atoms with van der Waals surface area (Å²) in [5.74, 6) is 0. The average Bonchev–Trinajstić information content (AvgIpc) is 2.53. The van der Waals surface area contributed by atoms with Crippen LogP contribution >= 0.6 is 0 Å². The van der Waals surface area contributed by atoms with E-state index in [9.17, 15) is 41.6 Å². The van der Waals surface area contributed by atoms with Gasteiger partial charge in [0.05, 0.1) is 14.7 Å². The SMILES string of the molecule is O=[N+]([O-])c1ccc(S(=O)(=O)c2ccccc2[N+](=O)[O-])c(S(=O)(=O)O)c1. The number of para-hydroxylation sites is 1. The van der Waals surface area contributed by atoms with Crippen LogP contribution in [0.25, 0.3) is 0 Å². The van der Waals surface area contributed by atoms with Gasteiger partial charge in [-0.3, -0.25) is 24.8 Å². The van der Waals surface area contributed by atoms with Crippen molar-refractivity contribution in [3.05, 3.63) is 62.7 Å². The summed E-state index contributed by atoms with van der Waals surface area (Å²) in [4.78, 5) is 16.7. The summed E-state index contributed by atoms with van der Waals surface area (Å²) < 4.78 is 57.5. The highest BCUT2D eigenvalue weighted by Crippen LogP contribution is 2.34. The van der Waals surface area contributed by atoms with Crippen LogP contribution < -0.4 is 0 Å². The number of nitrogens with zero attached hydrogens (tertiary/aromatic N) is 2. The molecule has 0 heterocycles. The summed E-state index contributed by atoms with van der Waals surface area (Å²) in [5.41, 5.74) is -1.60. The Labute approximate surface area is 140 Å². The van der Waals surface area contributed by atoms with Crippen LogP contribution in [0.15, 0.2) is 57.2 Å². The van der Waals surface area contributed by atoms with E-state index in [0.29, 0.717) is 18.2 Å². The number of nitro benzene ring substituents is 2. The summed E-state index contributed by atoms with van der Waals surface area (Å²) in [5, 5.41) is 21.8. The molecule has 2 aromatic rings. The third kappa shape index (κ3) is 3.47. The van der Waals surface area contributed by atoms with E-state index in [1.807, 2.05) is 0 Å². The summed E-state index contributed by atoms with van der Waals surface area (Å²) >= 11 is 0. The molecule has 0 unspecified atom stereocenters. The van der Waals surface area contributed by atoms with E-state index in [2.05, 4.69) is 0 Å². The smallest absolute Gasteiger partial charge is 0.282 e. The second kappa shape index (κ2) is 6.19. The molecule has 0 radical (unpaired) electrons. The molecule has 25 heavy (non-hydrogen) atoms. The van der Waals surface area contributed by atoms with Crippen molar-refractivity contribution in [2.45, 2.75) is 14.7 Å². The topological polar surface area (TPSA) is 175 Å². The fourth-order valence-corrected chi connectivity index (χ4v) is 4.71. The molecular formula is C12H8N2O9S2. The summed E-state index contributed by atoms with van der Waals surface area (Å²) in [6, 6.07) is 5.81. The molecule has 11 nitrogen and oxygen atoms in total. The van der Waals surface area contributed by atoms with Gasteiger partial charge in [-0.05, 0) is 12.1 Å². The predicted octanol–water partition coefficient (Wildman–Crippen LogP) is 1.58. The molecule has 0 amide bonds. The molecule has 13 heteroatoms. The monoisotopic (exact) mass is 388 g/mol. The van der Waals surface area contributed by atoms with Gasteiger partial charge in [0.1, 0.15) is 9.79 Å². The van der Waals surface area contributed by atoms with Crippen LogP contribution in [0.1, 0.15) is 0 Å². The highest BCUT2D eigenvalue weighted by molar-refractivity contribution is 7.93. The van der Waals surface area contributed by atoms with Crippen LogP contribution in [0, 0.1) is 20.2 Å². The molecule has 0 aliphatic rings. The molecule has 2 rings (SSSR count). The van der Waals surface area contributed by atoms with Gasteiger partial charge in [0.2, 0.25) is 9.84 Å². The number of sulfone groups is 1. The molecule has 0 atom stereocenters. The third-order valence-electron chi connectivity index (χ3n) is 3.06. The Morgan fingerprint density at radius 2 is 1.40 bits per heavy atom. The Morgan fingerprint density at radius 3 is 1.92 bits per heavy atom. The lowest BCUT2D eigenvalue weighted by molar-refractivity contribution is -0.387. The Balaban J connectivity index is 2.86. The molecule has 0 fully saturated rings. The van der Waals surface area contributed by atoms with Crippen LogP contribution in [0.5, 0.6) is 0 Å². The average molecular weight is 388 g/mol. The number of nitro groups is 2. The fourth-order valence-electron chi connectivity index (χ4n) is 1.99. The zero-order chi connectivity index (χ0) is 19.0. The van der Waals surface area contributed by atoms with Gasteiger partial charge >= 0.3 is 0 Å². The van der Waals surface area contributed by atoms with E-state index in [-0.39, 0.29) is 0 Å². The van der Waals surface area contributed by atoms with Crippen molar-refractivity contribution < 1.29 is 31.2 Å². The minimum absolute atomic E-state index is 0.358. The van der Waals surface area contributed by atoms with Crippen molar-refractivity contribution in [3.63, 3.8) is 0 Å². The van der Waals surface area contributed by atoms with Gasteiger partial charge in [0.15, 0.2) is 0 Å². The quantitative estimate of drug-likeness (QED) is 0.452. The van der Waals surface area contributed by atoms with Gasteiger partial charge in [-0.15, -0.1) is 0 Å². The molecular weight excluding hydrogens is 380 g/mol. The maximum atomic E-state index is 12.7. The first-order valence-electron chi connectivity index (χ1n) is 6.20. The van der Waals surface area contributed by atoms with E-state index in [0.717, 1.165) is 12.1 Å². The lowest BCUT2D eigenvalue weighted by Crippen LogP contribution is -2.11. The zero-order valence-corrected chi connectivity index (χ0v) is 13.6. The van der Waals surface area contributed by atoms with Crippen molar-refractivity contribution in [2.75, 3.05) is 0 Å². The van der Waals surface area contributed by atoms with E-state index < -0.39 is 55.9 Å². The Kier molecular flexibility index (Phi) is 4.57. The van der Waals surface area contributed by atoms with Gasteiger partial charge in [0.25, 0.3) is 21.5 Å². The third-order valence-corrected chi connectivity index (χ3v) is 5.94. The van der Waals surface area contributed by atoms with E-state index >= 15 is 0 Å². The Hall–Kier alpha value is -2.90. The lowest BCUT2D eigenvalue weighted by atomic mass is 10.3. The van der Waals surface area contributed by atoms with Gasteiger partial charge in [0, 0.05) is 18.2 Å². The van der Waals surface area contributed by atoms with Gasteiger partial charge < -0.3 is 0 Å². The highest BCUT2D eigenvalue weighted by Gasteiger charge is 2.33. The van der Waals surface area contributed by atoms with Crippen molar-refractivity contribution in [1.29, 1.82) is 0 Å². The number of hydrogen-bond acceptors (Lipinski definition) is 8. The summed E-state index contributed by atoms with van der Waals surface area (Å²) in [6.45, 7) is 0. The number of non-ortho nitro benzene ring substituents is 1. The normalized spacial score (nSPS) is 11.9. The minimum atomic E-state index is -5.17. The number of hydrogen-bond donors (Lipinski definition) is 1. The maximum absolute atomic E-state index is 12.7. The second-order valence-corrected chi connectivity index (χ2v) is 7.87. The zero-order valence-electron chi connectivity index (χ0n) is 12.0. The molecule has 2 aromatic carbocycles. The molecule has 1 N–H and O–H groups in total. The lowest BCUT2D eigenvalue weighted by Gasteiger charge is -2.09. The summed E-state index contributed by atoms with van der Waals surface area (Å²) in [7, 11) is -9.94. The first kappa shape index (κ1) is 18.4. The molecule has 0 bridgehead atoms. The van der Waals surface area contributed by atoms with Crippen molar-refractivity contribution in [3.8, 4) is 0 Å². The van der Waals surface area contributed by atoms with Crippen LogP contribution in [0.2, 0.25) is 0 Å². The largest absolute Gasteiger partial charge is 0.296 e. The molecule has 0 aromatic heterocycles. The number of benzene rings is 2. The highest BCUT2D eigenvalue weighted by atomic mass is 32.2. The molecule has 0 saturated carbocycles. The molecule has 0 saturated heterocycles. The van der Waals surface area contributed by atoms with Crippen LogP contribution in [-0.2, 0) is 20.0 Å². The van der Waals surface area contributed by atoms with Crippen molar-refractivity contribution in [2.24, 2.45) is 0 Å². The molecule has 0 spiro atoms. The summed E-state index contributed by atoms with van der Waals surface area (Å²) in [6.07, 6.45) is 0. The molecule has 0 aliphatic heterocycles. The van der Waals surface area contributed by atoms with Crippen LogP contribution in [0.3, 0.4) is 0 Å². The molecule has 0 aliphatic carbocycles. The van der Waals surface area contributed by atoms with Crippen LogP contribution in [-0.4, -0.2) is 31.2 Å². The fraction of sp³-hybridized carbons (Fsp3) is 0. The van der Waals surface area contributed by atoms with E-state index in [1.54, 1.807) is 0 Å². The Bertz CT molecular complexity index is 1090. The minimum Gasteiger partial charge on any atom is -0.282 e. The first-order chi connectivity index (χ1) is 11.5. The van der Waals surface area contributed by atoms with Crippen LogP contribution in [0.4, 0.5) is 11.4 Å². The van der Waals surface area contributed by atoms with Gasteiger partial charge in [-0.2, -0.15) is 8.42 Å². The van der Waals surface area contributed by atoms with Crippen molar-refractivity contribution >= 4 is 31.3 Å².